The van der Waals surface area contributed by atoms with Crippen molar-refractivity contribution in [2.24, 2.45) is 0 Å². The molecule has 86 valence electrons. The third-order valence-electron chi connectivity index (χ3n) is 2.53. The van der Waals surface area contributed by atoms with E-state index in [1.54, 1.807) is 30.6 Å². The molecule has 0 fully saturated rings. The van der Waals surface area contributed by atoms with Gasteiger partial charge in [-0.2, -0.15) is 5.26 Å². The molecule has 2 aromatic rings. The summed E-state index contributed by atoms with van der Waals surface area (Å²) in [6.45, 7) is 1.97. The molecule has 0 radical (unpaired) electrons. The molecule has 0 aliphatic carbocycles. The third-order valence-corrected chi connectivity index (χ3v) is 3.54. The van der Waals surface area contributed by atoms with Gasteiger partial charge in [0.1, 0.15) is 11.1 Å². The Kier molecular flexibility index (Phi) is 3.52. The van der Waals surface area contributed by atoms with E-state index in [2.05, 4.69) is 11.1 Å². The highest BCUT2D eigenvalue weighted by Gasteiger charge is 2.10. The van der Waals surface area contributed by atoms with Gasteiger partial charge in [-0.25, -0.2) is 4.98 Å². The van der Waals surface area contributed by atoms with Crippen molar-refractivity contribution in [1.29, 1.82) is 5.26 Å². The van der Waals surface area contributed by atoms with Crippen molar-refractivity contribution in [3.8, 4) is 17.3 Å². The quantitative estimate of drug-likeness (QED) is 0.831. The second-order valence-corrected chi connectivity index (χ2v) is 4.53. The Hall–Kier alpha value is -1.70. The standard InChI is InChI=1S/C13H12N2OS/c1-9(16-2)13-15-12(8-17-13)11-5-3-10(7-14)4-6-11/h3-6,8-9H,1-2H3. The molecule has 0 saturated heterocycles. The Labute approximate surface area is 104 Å². The summed E-state index contributed by atoms with van der Waals surface area (Å²) in [5.74, 6) is 0. The van der Waals surface area contributed by atoms with Gasteiger partial charge in [-0.1, -0.05) is 12.1 Å². The smallest absolute Gasteiger partial charge is 0.122 e. The van der Waals surface area contributed by atoms with Gasteiger partial charge in [0.25, 0.3) is 0 Å². The molecular formula is C13H12N2OS. The van der Waals surface area contributed by atoms with E-state index in [9.17, 15) is 0 Å². The Morgan fingerprint density at radius 1 is 1.35 bits per heavy atom. The molecule has 0 N–H and O–H groups in total. The Morgan fingerprint density at radius 2 is 2.06 bits per heavy atom. The summed E-state index contributed by atoms with van der Waals surface area (Å²) in [5.41, 5.74) is 2.61. The molecule has 1 atom stereocenters. The molecule has 0 spiro atoms. The minimum absolute atomic E-state index is 0.0205. The van der Waals surface area contributed by atoms with Crippen LogP contribution in [0.3, 0.4) is 0 Å². The highest BCUT2D eigenvalue weighted by atomic mass is 32.1. The van der Waals surface area contributed by atoms with Crippen LogP contribution in [0.5, 0.6) is 0 Å². The van der Waals surface area contributed by atoms with Gasteiger partial charge in [0.2, 0.25) is 0 Å². The second-order valence-electron chi connectivity index (χ2n) is 3.64. The number of ether oxygens (including phenoxy) is 1. The average molecular weight is 244 g/mol. The van der Waals surface area contributed by atoms with E-state index in [1.807, 2.05) is 24.4 Å². The van der Waals surface area contributed by atoms with Gasteiger partial charge in [0.05, 0.1) is 17.3 Å². The van der Waals surface area contributed by atoms with Gasteiger partial charge in [-0.15, -0.1) is 11.3 Å². The van der Waals surface area contributed by atoms with Crippen molar-refractivity contribution < 1.29 is 4.74 Å². The van der Waals surface area contributed by atoms with Crippen LogP contribution < -0.4 is 0 Å². The van der Waals surface area contributed by atoms with Gasteiger partial charge < -0.3 is 4.74 Å². The van der Waals surface area contributed by atoms with E-state index in [0.29, 0.717) is 5.56 Å². The molecule has 17 heavy (non-hydrogen) atoms. The van der Waals surface area contributed by atoms with Gasteiger partial charge >= 0.3 is 0 Å². The number of benzene rings is 1. The number of aromatic nitrogens is 1. The van der Waals surface area contributed by atoms with E-state index in [1.165, 1.54) is 0 Å². The van der Waals surface area contributed by atoms with E-state index in [-0.39, 0.29) is 6.10 Å². The fourth-order valence-electron chi connectivity index (χ4n) is 1.42. The maximum atomic E-state index is 8.73. The normalized spacial score (nSPS) is 12.1. The molecule has 2 rings (SSSR count). The molecule has 4 heteroatoms. The molecular weight excluding hydrogens is 232 g/mol. The van der Waals surface area contributed by atoms with Gasteiger partial charge in [0, 0.05) is 18.1 Å². The van der Waals surface area contributed by atoms with Crippen LogP contribution in [0.4, 0.5) is 0 Å². The molecule has 0 aliphatic rings. The summed E-state index contributed by atoms with van der Waals surface area (Å²) in [7, 11) is 1.67. The van der Waals surface area contributed by atoms with Crippen molar-refractivity contribution in [3.05, 3.63) is 40.2 Å². The largest absolute Gasteiger partial charge is 0.375 e. The number of thiazole rings is 1. The summed E-state index contributed by atoms with van der Waals surface area (Å²) in [6.07, 6.45) is 0.0205. The summed E-state index contributed by atoms with van der Waals surface area (Å²) >= 11 is 1.59. The molecule has 0 aliphatic heterocycles. The summed E-state index contributed by atoms with van der Waals surface area (Å²) in [6, 6.07) is 9.52. The van der Waals surface area contributed by atoms with Crippen LogP contribution >= 0.6 is 11.3 Å². The Bertz CT molecular complexity index is 539. The lowest BCUT2D eigenvalue weighted by Crippen LogP contribution is -1.94. The average Bonchev–Trinajstić information content (AvgIpc) is 2.87. The molecule has 1 aromatic heterocycles. The highest BCUT2D eigenvalue weighted by Crippen LogP contribution is 2.26. The summed E-state index contributed by atoms with van der Waals surface area (Å²) in [4.78, 5) is 4.52. The van der Waals surface area contributed by atoms with Gasteiger partial charge in [-0.3, -0.25) is 0 Å². The van der Waals surface area contributed by atoms with Crippen LogP contribution in [0.25, 0.3) is 11.3 Å². The lowest BCUT2D eigenvalue weighted by molar-refractivity contribution is 0.119. The lowest BCUT2D eigenvalue weighted by Gasteiger charge is -2.03. The maximum Gasteiger partial charge on any atom is 0.122 e. The molecule has 0 bridgehead atoms. The fourth-order valence-corrected chi connectivity index (χ4v) is 2.28. The number of nitriles is 1. The summed E-state index contributed by atoms with van der Waals surface area (Å²) < 4.78 is 5.23. The number of rotatable bonds is 3. The van der Waals surface area contributed by atoms with Crippen molar-refractivity contribution >= 4 is 11.3 Å². The monoisotopic (exact) mass is 244 g/mol. The zero-order valence-electron chi connectivity index (χ0n) is 9.68. The first kappa shape index (κ1) is 11.8. The van der Waals surface area contributed by atoms with Crippen LogP contribution in [0.1, 0.15) is 23.6 Å². The molecule has 3 nitrogen and oxygen atoms in total. The third kappa shape index (κ3) is 2.52. The maximum absolute atomic E-state index is 8.73. The topological polar surface area (TPSA) is 45.9 Å². The van der Waals surface area contributed by atoms with Crippen molar-refractivity contribution in [1.82, 2.24) is 4.98 Å². The molecule has 1 aromatic carbocycles. The zero-order valence-corrected chi connectivity index (χ0v) is 10.5. The van der Waals surface area contributed by atoms with Crippen LogP contribution in [0, 0.1) is 11.3 Å². The van der Waals surface area contributed by atoms with Gasteiger partial charge in [0.15, 0.2) is 0 Å². The Morgan fingerprint density at radius 3 is 2.65 bits per heavy atom. The summed E-state index contributed by atoms with van der Waals surface area (Å²) in [5, 5.41) is 11.7. The zero-order chi connectivity index (χ0) is 12.3. The number of methoxy groups -OCH3 is 1. The first-order valence-electron chi connectivity index (χ1n) is 5.23. The van der Waals surface area contributed by atoms with Crippen LogP contribution in [0.2, 0.25) is 0 Å². The number of hydrogen-bond donors (Lipinski definition) is 0. The van der Waals surface area contributed by atoms with E-state index >= 15 is 0 Å². The predicted octanol–water partition coefficient (Wildman–Crippen LogP) is 3.39. The lowest BCUT2D eigenvalue weighted by atomic mass is 10.1. The van der Waals surface area contributed by atoms with Crippen molar-refractivity contribution in [3.63, 3.8) is 0 Å². The van der Waals surface area contributed by atoms with E-state index in [4.69, 9.17) is 10.00 Å². The first-order valence-corrected chi connectivity index (χ1v) is 6.11. The SMILES string of the molecule is COC(C)c1nc(-c2ccc(C#N)cc2)cs1. The molecule has 1 unspecified atom stereocenters. The minimum atomic E-state index is 0.0205. The fraction of sp³-hybridized carbons (Fsp3) is 0.231. The van der Waals surface area contributed by atoms with Crippen LogP contribution in [-0.4, -0.2) is 12.1 Å². The van der Waals surface area contributed by atoms with E-state index < -0.39 is 0 Å². The minimum Gasteiger partial charge on any atom is -0.375 e. The predicted molar refractivity (Wildman–Crippen MR) is 67.7 cm³/mol. The van der Waals surface area contributed by atoms with Crippen LogP contribution in [-0.2, 0) is 4.74 Å². The molecule has 1 heterocycles. The highest BCUT2D eigenvalue weighted by molar-refractivity contribution is 7.10. The van der Waals surface area contributed by atoms with Crippen molar-refractivity contribution in [2.75, 3.05) is 7.11 Å². The number of nitrogens with zero attached hydrogens (tertiary/aromatic N) is 2. The molecule has 0 amide bonds. The first-order chi connectivity index (χ1) is 8.24. The van der Waals surface area contributed by atoms with E-state index in [0.717, 1.165) is 16.3 Å². The Balaban J connectivity index is 2.28. The number of hydrogen-bond acceptors (Lipinski definition) is 4. The van der Waals surface area contributed by atoms with Gasteiger partial charge in [-0.05, 0) is 19.1 Å². The van der Waals surface area contributed by atoms with Crippen LogP contribution in [0.15, 0.2) is 29.6 Å². The second kappa shape index (κ2) is 5.09. The van der Waals surface area contributed by atoms with Crippen molar-refractivity contribution in [2.45, 2.75) is 13.0 Å². The molecule has 0 saturated carbocycles.